The molecule has 1 saturated heterocycles. The molecule has 0 aliphatic carbocycles. The van der Waals surface area contributed by atoms with Gasteiger partial charge in [-0.1, -0.05) is 35.9 Å². The van der Waals surface area contributed by atoms with E-state index >= 15 is 0 Å². The molecule has 0 unspecified atom stereocenters. The summed E-state index contributed by atoms with van der Waals surface area (Å²) in [6.07, 6.45) is 3.22. The van der Waals surface area contributed by atoms with Gasteiger partial charge in [0.05, 0.1) is 17.3 Å². The molecule has 0 radical (unpaired) electrons. The zero-order valence-electron chi connectivity index (χ0n) is 18.2. The Morgan fingerprint density at radius 1 is 1.09 bits per heavy atom. The van der Waals surface area contributed by atoms with Gasteiger partial charge in [-0.3, -0.25) is 9.36 Å². The molecule has 3 N–H and O–H groups in total. The van der Waals surface area contributed by atoms with Crippen LogP contribution in [0.15, 0.2) is 60.9 Å². The maximum Gasteiger partial charge on any atom is 0.250 e. The first-order valence-electron chi connectivity index (χ1n) is 10.7. The zero-order chi connectivity index (χ0) is 22.9. The van der Waals surface area contributed by atoms with Crippen molar-refractivity contribution < 1.29 is 4.79 Å². The Morgan fingerprint density at radius 2 is 1.88 bits per heavy atom. The van der Waals surface area contributed by atoms with E-state index in [1.165, 1.54) is 0 Å². The fraction of sp³-hybridized carbons (Fsp3) is 0.208. The molecule has 3 heterocycles. The van der Waals surface area contributed by atoms with Gasteiger partial charge in [0.1, 0.15) is 5.02 Å². The molecular weight excluding hydrogens is 438 g/mol. The zero-order valence-corrected chi connectivity index (χ0v) is 19.0. The van der Waals surface area contributed by atoms with Crippen molar-refractivity contribution in [2.45, 2.75) is 0 Å². The molecule has 0 spiro atoms. The summed E-state index contributed by atoms with van der Waals surface area (Å²) in [5.41, 5.74) is 8.83. The fourth-order valence-electron chi connectivity index (χ4n) is 4.11. The standard InChI is InChI=1S/C24H24ClN7O/c1-30-9-11-31(12-10-30)17-6-4-5-16(13-17)28-24-27-14-20(25)23(29-24)32-15-19(22(26)33)18-7-2-3-8-21(18)32/h2-8,13-15H,9-12H2,1H3,(H2,26,33)(H,27,28,29). The average molecular weight is 462 g/mol. The Morgan fingerprint density at radius 3 is 2.67 bits per heavy atom. The summed E-state index contributed by atoms with van der Waals surface area (Å²) in [7, 11) is 2.14. The van der Waals surface area contributed by atoms with Crippen molar-refractivity contribution in [3.63, 3.8) is 0 Å². The second kappa shape index (κ2) is 8.73. The van der Waals surface area contributed by atoms with E-state index in [4.69, 9.17) is 17.3 Å². The molecule has 2 aromatic heterocycles. The van der Waals surface area contributed by atoms with Gasteiger partial charge in [-0.2, -0.15) is 4.98 Å². The number of nitrogens with one attached hydrogen (secondary N) is 1. The van der Waals surface area contributed by atoms with Gasteiger partial charge in [0.25, 0.3) is 5.91 Å². The van der Waals surface area contributed by atoms with Crippen molar-refractivity contribution in [2.75, 3.05) is 43.4 Å². The number of amides is 1. The number of rotatable bonds is 5. The van der Waals surface area contributed by atoms with Crippen LogP contribution in [0.1, 0.15) is 10.4 Å². The Hall–Kier alpha value is -3.62. The predicted molar refractivity (Wildman–Crippen MR) is 132 cm³/mol. The molecule has 33 heavy (non-hydrogen) atoms. The first-order chi connectivity index (χ1) is 16.0. The Labute approximate surface area is 196 Å². The van der Waals surface area contributed by atoms with Crippen molar-refractivity contribution in [1.82, 2.24) is 19.4 Å². The van der Waals surface area contributed by atoms with Gasteiger partial charge in [0.15, 0.2) is 5.82 Å². The number of piperazine rings is 1. The van der Waals surface area contributed by atoms with E-state index in [0.29, 0.717) is 22.4 Å². The van der Waals surface area contributed by atoms with Crippen LogP contribution >= 0.6 is 11.6 Å². The molecular formula is C24H24ClN7O. The van der Waals surface area contributed by atoms with Crippen molar-refractivity contribution in [1.29, 1.82) is 0 Å². The number of hydrogen-bond donors (Lipinski definition) is 2. The highest BCUT2D eigenvalue weighted by Gasteiger charge is 2.17. The number of fused-ring (bicyclic) bond motifs is 1. The van der Waals surface area contributed by atoms with E-state index in [1.807, 2.05) is 36.4 Å². The van der Waals surface area contributed by atoms with Crippen LogP contribution in [0.5, 0.6) is 0 Å². The first kappa shape index (κ1) is 21.2. The fourth-order valence-corrected chi connectivity index (χ4v) is 4.29. The number of aromatic nitrogens is 3. The lowest BCUT2D eigenvalue weighted by atomic mass is 10.2. The van der Waals surface area contributed by atoms with Crippen LogP contribution in [0, 0.1) is 0 Å². The Bertz CT molecular complexity index is 1330. The van der Waals surface area contributed by atoms with Crippen molar-refractivity contribution in [3.05, 3.63) is 71.5 Å². The van der Waals surface area contributed by atoms with Crippen LogP contribution in [0.3, 0.4) is 0 Å². The minimum atomic E-state index is -0.505. The number of halogens is 1. The van der Waals surface area contributed by atoms with E-state index in [1.54, 1.807) is 17.0 Å². The summed E-state index contributed by atoms with van der Waals surface area (Å²) in [4.78, 5) is 25.7. The molecule has 8 nitrogen and oxygen atoms in total. The third kappa shape index (κ3) is 4.22. The SMILES string of the molecule is CN1CCN(c2cccc(Nc3ncc(Cl)c(-n4cc(C(N)=O)c5ccccc54)n3)c2)CC1. The number of carbonyl (C=O) groups excluding carboxylic acids is 1. The van der Waals surface area contributed by atoms with E-state index in [0.717, 1.165) is 48.5 Å². The number of nitrogens with zero attached hydrogens (tertiary/aromatic N) is 5. The molecule has 1 amide bonds. The largest absolute Gasteiger partial charge is 0.369 e. The molecule has 1 aliphatic rings. The number of primary amides is 1. The Kier molecular flexibility index (Phi) is 5.62. The molecule has 0 saturated carbocycles. The summed E-state index contributed by atoms with van der Waals surface area (Å²) >= 11 is 6.46. The van der Waals surface area contributed by atoms with Crippen LogP contribution < -0.4 is 16.0 Å². The predicted octanol–water partition coefficient (Wildman–Crippen LogP) is 3.67. The number of nitrogens with two attached hydrogens (primary N) is 1. The monoisotopic (exact) mass is 461 g/mol. The van der Waals surface area contributed by atoms with Crippen LogP contribution in [0.25, 0.3) is 16.7 Å². The van der Waals surface area contributed by atoms with Gasteiger partial charge in [-0.25, -0.2) is 4.98 Å². The number of likely N-dealkylation sites (N-methyl/N-ethyl adjacent to an activating group) is 1. The number of para-hydroxylation sites is 1. The number of carbonyl (C=O) groups is 1. The van der Waals surface area contributed by atoms with Gasteiger partial charge in [0.2, 0.25) is 5.95 Å². The summed E-state index contributed by atoms with van der Waals surface area (Å²) in [6, 6.07) is 15.7. The van der Waals surface area contributed by atoms with Crippen molar-refractivity contribution in [3.8, 4) is 5.82 Å². The second-order valence-corrected chi connectivity index (χ2v) is 8.53. The summed E-state index contributed by atoms with van der Waals surface area (Å²) in [6.45, 7) is 4.06. The van der Waals surface area contributed by atoms with E-state index in [9.17, 15) is 4.79 Å². The van der Waals surface area contributed by atoms with Crippen LogP contribution in [-0.4, -0.2) is 58.6 Å². The highest BCUT2D eigenvalue weighted by atomic mass is 35.5. The minimum Gasteiger partial charge on any atom is -0.369 e. The van der Waals surface area contributed by atoms with Crippen LogP contribution in [0.4, 0.5) is 17.3 Å². The van der Waals surface area contributed by atoms with Gasteiger partial charge >= 0.3 is 0 Å². The van der Waals surface area contributed by atoms with Crippen molar-refractivity contribution >= 4 is 45.7 Å². The normalized spacial score (nSPS) is 14.5. The highest BCUT2D eigenvalue weighted by molar-refractivity contribution is 6.32. The van der Waals surface area contributed by atoms with E-state index in [-0.39, 0.29) is 0 Å². The van der Waals surface area contributed by atoms with E-state index < -0.39 is 5.91 Å². The van der Waals surface area contributed by atoms with Crippen LogP contribution in [0.2, 0.25) is 5.02 Å². The van der Waals surface area contributed by atoms with Gasteiger partial charge in [-0.15, -0.1) is 0 Å². The van der Waals surface area contributed by atoms with Crippen molar-refractivity contribution in [2.24, 2.45) is 5.73 Å². The van der Waals surface area contributed by atoms with Crippen LogP contribution in [-0.2, 0) is 0 Å². The third-order valence-corrected chi connectivity index (χ3v) is 6.17. The van der Waals surface area contributed by atoms with E-state index in [2.05, 4.69) is 44.3 Å². The molecule has 9 heteroatoms. The quantitative estimate of drug-likeness (QED) is 0.471. The lowest BCUT2D eigenvalue weighted by Gasteiger charge is -2.34. The summed E-state index contributed by atoms with van der Waals surface area (Å²) < 4.78 is 1.77. The second-order valence-electron chi connectivity index (χ2n) is 8.12. The lowest BCUT2D eigenvalue weighted by Crippen LogP contribution is -2.44. The number of hydrogen-bond acceptors (Lipinski definition) is 6. The summed E-state index contributed by atoms with van der Waals surface area (Å²) in [5.74, 6) is 0.366. The topological polar surface area (TPSA) is 92.3 Å². The molecule has 2 aromatic carbocycles. The molecule has 5 rings (SSSR count). The number of benzene rings is 2. The Balaban J connectivity index is 1.47. The smallest absolute Gasteiger partial charge is 0.250 e. The third-order valence-electron chi connectivity index (χ3n) is 5.90. The maximum absolute atomic E-state index is 12.0. The molecule has 168 valence electrons. The first-order valence-corrected chi connectivity index (χ1v) is 11.1. The van der Waals surface area contributed by atoms with Gasteiger partial charge in [-0.05, 0) is 31.3 Å². The summed E-state index contributed by atoms with van der Waals surface area (Å²) in [5, 5.41) is 4.39. The average Bonchev–Trinajstić information content (AvgIpc) is 3.21. The lowest BCUT2D eigenvalue weighted by molar-refractivity contribution is 0.100. The molecule has 0 bridgehead atoms. The molecule has 1 aliphatic heterocycles. The molecule has 4 aromatic rings. The highest BCUT2D eigenvalue weighted by Crippen LogP contribution is 2.29. The molecule has 0 atom stereocenters. The van der Waals surface area contributed by atoms with Gasteiger partial charge in [0, 0.05) is 49.1 Å². The maximum atomic E-state index is 12.0. The number of anilines is 3. The van der Waals surface area contributed by atoms with Gasteiger partial charge < -0.3 is 20.9 Å². The minimum absolute atomic E-state index is 0.364. The molecule has 1 fully saturated rings.